The lowest BCUT2D eigenvalue weighted by molar-refractivity contribution is -0.119. The van der Waals surface area contributed by atoms with Crippen molar-refractivity contribution in [1.29, 1.82) is 0 Å². The summed E-state index contributed by atoms with van der Waals surface area (Å²) >= 11 is 0. The van der Waals surface area contributed by atoms with Crippen molar-refractivity contribution in [3.05, 3.63) is 54.3 Å². The molecular weight excluding hydrogens is 350 g/mol. The summed E-state index contributed by atoms with van der Waals surface area (Å²) in [6.07, 6.45) is 0.800. The predicted molar refractivity (Wildman–Crippen MR) is 97.2 cm³/mol. The van der Waals surface area contributed by atoms with Crippen molar-refractivity contribution in [2.24, 2.45) is 0 Å². The summed E-state index contributed by atoms with van der Waals surface area (Å²) in [5.74, 6) is 0.111. The van der Waals surface area contributed by atoms with Crippen molar-refractivity contribution in [2.45, 2.75) is 6.42 Å². The highest BCUT2D eigenvalue weighted by Gasteiger charge is 2.16. The molecule has 1 aliphatic rings. The Labute approximate surface area is 154 Å². The molecule has 1 N–H and O–H groups in total. The molecule has 2 aromatic carbocycles. The van der Waals surface area contributed by atoms with E-state index in [9.17, 15) is 9.59 Å². The maximum absolute atomic E-state index is 12.1. The van der Waals surface area contributed by atoms with Crippen LogP contribution in [0.15, 0.2) is 52.9 Å². The first-order valence-electron chi connectivity index (χ1n) is 8.54. The Kier molecular flexibility index (Phi) is 4.65. The molecule has 1 amide bonds. The summed E-state index contributed by atoms with van der Waals surface area (Å²) in [5.41, 5.74) is 1.12. The van der Waals surface area contributed by atoms with Crippen LogP contribution in [0.25, 0.3) is 11.0 Å². The SMILES string of the molecule is O=C(COC(=O)c1cc2ccccc2o1)Nc1ccc2c(c1)OCCCO2. The Morgan fingerprint density at radius 3 is 2.67 bits per heavy atom. The maximum Gasteiger partial charge on any atom is 0.374 e. The first-order chi connectivity index (χ1) is 13.2. The van der Waals surface area contributed by atoms with E-state index < -0.39 is 18.5 Å². The highest BCUT2D eigenvalue weighted by atomic mass is 16.5. The standard InChI is InChI=1S/C20H17NO6/c22-19(21-14-6-7-16-17(11-14)25-9-3-8-24-16)12-26-20(23)18-10-13-4-1-2-5-15(13)27-18/h1-2,4-7,10-11H,3,8-9,12H2,(H,21,22). The van der Waals surface area contributed by atoms with Crippen molar-refractivity contribution in [2.75, 3.05) is 25.1 Å². The average Bonchev–Trinajstić information content (AvgIpc) is 2.98. The second-order valence-corrected chi connectivity index (χ2v) is 5.98. The first kappa shape index (κ1) is 17.0. The minimum absolute atomic E-state index is 0.0552. The minimum atomic E-state index is -0.694. The van der Waals surface area contributed by atoms with Gasteiger partial charge >= 0.3 is 5.97 Å². The number of nitrogens with one attached hydrogen (secondary N) is 1. The van der Waals surface area contributed by atoms with Crippen molar-refractivity contribution >= 4 is 28.5 Å². The molecule has 4 rings (SSSR count). The average molecular weight is 367 g/mol. The van der Waals surface area contributed by atoms with E-state index in [1.165, 1.54) is 0 Å². The number of anilines is 1. The van der Waals surface area contributed by atoms with Crippen LogP contribution in [0.5, 0.6) is 11.5 Å². The number of para-hydroxylation sites is 1. The van der Waals surface area contributed by atoms with Gasteiger partial charge in [0.05, 0.1) is 13.2 Å². The van der Waals surface area contributed by atoms with Crippen molar-refractivity contribution in [3.8, 4) is 11.5 Å². The Balaban J connectivity index is 1.35. The Morgan fingerprint density at radius 2 is 1.81 bits per heavy atom. The number of rotatable bonds is 4. The third kappa shape index (κ3) is 3.87. The lowest BCUT2D eigenvalue weighted by Crippen LogP contribution is -2.20. The zero-order valence-corrected chi connectivity index (χ0v) is 14.4. The molecular formula is C20H17NO6. The summed E-state index contributed by atoms with van der Waals surface area (Å²) in [5, 5.41) is 3.46. The fraction of sp³-hybridized carbons (Fsp3) is 0.200. The summed E-state index contributed by atoms with van der Waals surface area (Å²) in [4.78, 5) is 24.1. The molecule has 0 unspecified atom stereocenters. The molecule has 0 saturated carbocycles. The maximum atomic E-state index is 12.1. The van der Waals surface area contributed by atoms with Gasteiger partial charge in [0.15, 0.2) is 18.1 Å². The number of hydrogen-bond donors (Lipinski definition) is 1. The van der Waals surface area contributed by atoms with Crippen molar-refractivity contribution < 1.29 is 28.2 Å². The van der Waals surface area contributed by atoms with E-state index >= 15 is 0 Å². The highest BCUT2D eigenvalue weighted by molar-refractivity contribution is 5.96. The molecule has 0 atom stereocenters. The third-order valence-electron chi connectivity index (χ3n) is 3.99. The molecule has 2 heterocycles. The van der Waals surface area contributed by atoms with Crippen LogP contribution in [0.1, 0.15) is 17.0 Å². The van der Waals surface area contributed by atoms with Gasteiger partial charge in [0.2, 0.25) is 5.76 Å². The van der Waals surface area contributed by atoms with Crippen LogP contribution in [0, 0.1) is 0 Å². The van der Waals surface area contributed by atoms with Crippen LogP contribution in [0.3, 0.4) is 0 Å². The third-order valence-corrected chi connectivity index (χ3v) is 3.99. The van der Waals surface area contributed by atoms with E-state index in [1.54, 1.807) is 30.3 Å². The highest BCUT2D eigenvalue weighted by Crippen LogP contribution is 2.32. The van der Waals surface area contributed by atoms with Gasteiger partial charge in [-0.3, -0.25) is 4.79 Å². The molecule has 7 heteroatoms. The van der Waals surface area contributed by atoms with Gasteiger partial charge in [-0.25, -0.2) is 4.79 Å². The number of furan rings is 1. The molecule has 3 aromatic rings. The Morgan fingerprint density at radius 1 is 1.00 bits per heavy atom. The van der Waals surface area contributed by atoms with E-state index in [0.717, 1.165) is 11.8 Å². The monoisotopic (exact) mass is 367 g/mol. The van der Waals surface area contributed by atoms with Crippen LogP contribution in [0.4, 0.5) is 5.69 Å². The molecule has 0 bridgehead atoms. The molecule has 1 aromatic heterocycles. The zero-order chi connectivity index (χ0) is 18.6. The van der Waals surface area contributed by atoms with E-state index in [1.807, 2.05) is 18.2 Å². The number of benzene rings is 2. The molecule has 0 aliphatic carbocycles. The fourth-order valence-electron chi connectivity index (χ4n) is 2.72. The second-order valence-electron chi connectivity index (χ2n) is 5.98. The fourth-order valence-corrected chi connectivity index (χ4v) is 2.72. The first-order valence-corrected chi connectivity index (χ1v) is 8.54. The summed E-state index contributed by atoms with van der Waals surface area (Å²) in [6, 6.07) is 13.9. The van der Waals surface area contributed by atoms with Gasteiger partial charge in [-0.1, -0.05) is 18.2 Å². The normalized spacial score (nSPS) is 13.0. The second kappa shape index (κ2) is 7.41. The zero-order valence-electron chi connectivity index (χ0n) is 14.4. The molecule has 0 fully saturated rings. The van der Waals surface area contributed by atoms with Gasteiger partial charge in [-0.15, -0.1) is 0 Å². The summed E-state index contributed by atoms with van der Waals surface area (Å²) < 4.78 is 21.6. The van der Waals surface area contributed by atoms with Gasteiger partial charge in [0.1, 0.15) is 5.58 Å². The number of carbonyl (C=O) groups excluding carboxylic acids is 2. The number of ether oxygens (including phenoxy) is 3. The molecule has 0 radical (unpaired) electrons. The molecule has 27 heavy (non-hydrogen) atoms. The van der Waals surface area contributed by atoms with Gasteiger partial charge in [-0.2, -0.15) is 0 Å². The van der Waals surface area contributed by atoms with Crippen LogP contribution < -0.4 is 14.8 Å². The van der Waals surface area contributed by atoms with Crippen molar-refractivity contribution in [1.82, 2.24) is 0 Å². The number of amides is 1. The minimum Gasteiger partial charge on any atom is -0.490 e. The van der Waals surface area contributed by atoms with E-state index in [2.05, 4.69) is 5.32 Å². The number of carbonyl (C=O) groups is 2. The van der Waals surface area contributed by atoms with Crippen LogP contribution >= 0.6 is 0 Å². The van der Waals surface area contributed by atoms with Gasteiger partial charge < -0.3 is 23.9 Å². The topological polar surface area (TPSA) is 87.0 Å². The smallest absolute Gasteiger partial charge is 0.374 e. The van der Waals surface area contributed by atoms with Crippen LogP contribution in [-0.2, 0) is 9.53 Å². The van der Waals surface area contributed by atoms with E-state index in [-0.39, 0.29) is 5.76 Å². The summed E-state index contributed by atoms with van der Waals surface area (Å²) in [7, 11) is 0. The van der Waals surface area contributed by atoms with E-state index in [0.29, 0.717) is 36.0 Å². The van der Waals surface area contributed by atoms with Gasteiger partial charge in [0.25, 0.3) is 5.91 Å². The lowest BCUT2D eigenvalue weighted by atomic mass is 10.2. The Hall–Kier alpha value is -3.48. The predicted octanol–water partition coefficient (Wildman–Crippen LogP) is 3.39. The molecule has 7 nitrogen and oxygen atoms in total. The molecule has 0 saturated heterocycles. The van der Waals surface area contributed by atoms with Gasteiger partial charge in [0, 0.05) is 23.6 Å². The Bertz CT molecular complexity index is 960. The summed E-state index contributed by atoms with van der Waals surface area (Å²) in [6.45, 7) is 0.723. The van der Waals surface area contributed by atoms with Crippen molar-refractivity contribution in [3.63, 3.8) is 0 Å². The molecule has 0 spiro atoms. The number of esters is 1. The van der Waals surface area contributed by atoms with Gasteiger partial charge in [-0.05, 0) is 24.3 Å². The number of hydrogen-bond acceptors (Lipinski definition) is 6. The quantitative estimate of drug-likeness (QED) is 0.711. The largest absolute Gasteiger partial charge is 0.490 e. The van der Waals surface area contributed by atoms with Crippen LogP contribution in [-0.4, -0.2) is 31.7 Å². The number of fused-ring (bicyclic) bond motifs is 2. The molecule has 1 aliphatic heterocycles. The molecule has 138 valence electrons. The lowest BCUT2D eigenvalue weighted by Gasteiger charge is -2.10. The van der Waals surface area contributed by atoms with Crippen LogP contribution in [0.2, 0.25) is 0 Å². The van der Waals surface area contributed by atoms with E-state index in [4.69, 9.17) is 18.6 Å².